The molecular weight excluding hydrogens is 639 g/mol. The monoisotopic (exact) mass is 679 g/mol. The van der Waals surface area contributed by atoms with E-state index < -0.39 is 0 Å². The molecule has 0 spiro atoms. The predicted molar refractivity (Wildman–Crippen MR) is 225 cm³/mol. The zero-order valence-electron chi connectivity index (χ0n) is 30.7. The standard InChI is InChI=1S/C52H41N/c1-51(2)47-31-29-38(32-45(47)50-42(21-13-23-48(50)51)35-14-6-5-7-15-35)53(39-28-30-44-43-19-10-11-22-46(43)52(3,4)49(44)33-39)37-26-24-36(25-27-37)41-20-12-17-34-16-8-9-18-40(34)41/h5-33H,1-4H3. The molecule has 0 heterocycles. The van der Waals surface area contributed by atoms with Crippen LogP contribution in [-0.2, 0) is 10.8 Å². The Morgan fingerprint density at radius 2 is 0.887 bits per heavy atom. The maximum atomic E-state index is 2.46. The topological polar surface area (TPSA) is 3.24 Å². The minimum absolute atomic E-state index is 0.0999. The minimum Gasteiger partial charge on any atom is -0.310 e. The van der Waals surface area contributed by atoms with Gasteiger partial charge >= 0.3 is 0 Å². The quantitative estimate of drug-likeness (QED) is 0.175. The molecule has 2 aliphatic carbocycles. The zero-order valence-corrected chi connectivity index (χ0v) is 30.7. The van der Waals surface area contributed by atoms with Crippen molar-refractivity contribution in [3.63, 3.8) is 0 Å². The fourth-order valence-electron chi connectivity index (χ4n) is 9.34. The molecule has 0 saturated carbocycles. The molecule has 1 nitrogen and oxygen atoms in total. The van der Waals surface area contributed by atoms with Gasteiger partial charge in [0.15, 0.2) is 0 Å². The lowest BCUT2D eigenvalue weighted by atomic mass is 9.82. The molecule has 53 heavy (non-hydrogen) atoms. The van der Waals surface area contributed by atoms with E-state index in [0.29, 0.717) is 0 Å². The van der Waals surface area contributed by atoms with Crippen LogP contribution < -0.4 is 4.90 Å². The van der Waals surface area contributed by atoms with Crippen LogP contribution in [0.1, 0.15) is 49.9 Å². The van der Waals surface area contributed by atoms with Gasteiger partial charge in [0.2, 0.25) is 0 Å². The van der Waals surface area contributed by atoms with Gasteiger partial charge in [-0.05, 0) is 114 Å². The molecule has 10 rings (SSSR count). The van der Waals surface area contributed by atoms with E-state index in [4.69, 9.17) is 0 Å². The first-order chi connectivity index (χ1) is 25.8. The third kappa shape index (κ3) is 4.77. The molecule has 0 N–H and O–H groups in total. The smallest absolute Gasteiger partial charge is 0.0468 e. The number of rotatable bonds is 5. The summed E-state index contributed by atoms with van der Waals surface area (Å²) in [5, 5.41) is 2.53. The lowest BCUT2D eigenvalue weighted by molar-refractivity contribution is 0.660. The van der Waals surface area contributed by atoms with Gasteiger partial charge in [-0.2, -0.15) is 0 Å². The van der Waals surface area contributed by atoms with Crippen LogP contribution in [0.4, 0.5) is 17.1 Å². The number of benzene rings is 8. The summed E-state index contributed by atoms with van der Waals surface area (Å²) in [6.07, 6.45) is 0. The maximum Gasteiger partial charge on any atom is 0.0468 e. The number of hydrogen-bond donors (Lipinski definition) is 0. The zero-order chi connectivity index (χ0) is 35.9. The third-order valence-corrected chi connectivity index (χ3v) is 12.1. The first kappa shape index (κ1) is 31.5. The second-order valence-electron chi connectivity index (χ2n) is 15.8. The molecule has 0 bridgehead atoms. The maximum absolute atomic E-state index is 2.46. The molecule has 0 fully saturated rings. The van der Waals surface area contributed by atoms with Crippen molar-refractivity contribution >= 4 is 27.8 Å². The molecule has 0 atom stereocenters. The number of fused-ring (bicyclic) bond motifs is 7. The average molecular weight is 680 g/mol. The summed E-state index contributed by atoms with van der Waals surface area (Å²) in [4.78, 5) is 2.46. The lowest BCUT2D eigenvalue weighted by Gasteiger charge is -2.29. The highest BCUT2D eigenvalue weighted by atomic mass is 15.1. The van der Waals surface area contributed by atoms with Gasteiger partial charge in [-0.25, -0.2) is 0 Å². The predicted octanol–water partition coefficient (Wildman–Crippen LogP) is 14.3. The highest BCUT2D eigenvalue weighted by molar-refractivity contribution is 5.98. The van der Waals surface area contributed by atoms with Gasteiger partial charge in [0.05, 0.1) is 0 Å². The Bertz CT molecular complexity index is 2710. The molecule has 254 valence electrons. The van der Waals surface area contributed by atoms with E-state index >= 15 is 0 Å². The van der Waals surface area contributed by atoms with Crippen LogP contribution in [0.5, 0.6) is 0 Å². The Morgan fingerprint density at radius 3 is 1.74 bits per heavy atom. The van der Waals surface area contributed by atoms with Gasteiger partial charge in [0, 0.05) is 27.9 Å². The normalized spacial score (nSPS) is 14.3. The fourth-order valence-corrected chi connectivity index (χ4v) is 9.34. The molecule has 0 amide bonds. The van der Waals surface area contributed by atoms with E-state index in [1.807, 2.05) is 0 Å². The van der Waals surface area contributed by atoms with Gasteiger partial charge in [-0.3, -0.25) is 0 Å². The summed E-state index contributed by atoms with van der Waals surface area (Å²) >= 11 is 0. The van der Waals surface area contributed by atoms with E-state index in [1.54, 1.807) is 0 Å². The average Bonchev–Trinajstić information content (AvgIpc) is 3.57. The van der Waals surface area contributed by atoms with Crippen molar-refractivity contribution in [3.8, 4) is 44.5 Å². The summed E-state index contributed by atoms with van der Waals surface area (Å²) in [5.74, 6) is 0. The lowest BCUT2D eigenvalue weighted by Crippen LogP contribution is -2.17. The van der Waals surface area contributed by atoms with Gasteiger partial charge in [-0.1, -0.05) is 167 Å². The van der Waals surface area contributed by atoms with Crippen molar-refractivity contribution in [1.82, 2.24) is 0 Å². The summed E-state index contributed by atoms with van der Waals surface area (Å²) in [6.45, 7) is 9.47. The molecular formula is C52H41N. The molecule has 0 saturated heterocycles. The van der Waals surface area contributed by atoms with E-state index in [2.05, 4.69) is 209 Å². The van der Waals surface area contributed by atoms with E-state index in [-0.39, 0.29) is 10.8 Å². The Labute approximate surface area is 312 Å². The summed E-state index contributed by atoms with van der Waals surface area (Å²) in [6, 6.07) is 65.3. The van der Waals surface area contributed by atoms with Crippen LogP contribution in [0.2, 0.25) is 0 Å². The van der Waals surface area contributed by atoms with Crippen molar-refractivity contribution in [1.29, 1.82) is 0 Å². The molecule has 0 aliphatic heterocycles. The second kappa shape index (κ2) is 11.7. The number of anilines is 3. The Balaban J connectivity index is 1.16. The summed E-state index contributed by atoms with van der Waals surface area (Å²) in [5.41, 5.74) is 19.1. The molecule has 8 aromatic rings. The Morgan fingerprint density at radius 1 is 0.340 bits per heavy atom. The molecule has 0 radical (unpaired) electrons. The fraction of sp³-hybridized carbons (Fsp3) is 0.115. The summed E-state index contributed by atoms with van der Waals surface area (Å²) in [7, 11) is 0. The first-order valence-electron chi connectivity index (χ1n) is 18.8. The second-order valence-corrected chi connectivity index (χ2v) is 15.8. The Kier molecular flexibility index (Phi) is 6.94. The molecule has 8 aromatic carbocycles. The van der Waals surface area contributed by atoms with E-state index in [1.165, 1.54) is 77.5 Å². The van der Waals surface area contributed by atoms with E-state index in [9.17, 15) is 0 Å². The van der Waals surface area contributed by atoms with Crippen LogP contribution >= 0.6 is 0 Å². The molecule has 0 aromatic heterocycles. The van der Waals surface area contributed by atoms with Crippen molar-refractivity contribution in [2.45, 2.75) is 38.5 Å². The minimum atomic E-state index is -0.109. The summed E-state index contributed by atoms with van der Waals surface area (Å²) < 4.78 is 0. The van der Waals surface area contributed by atoms with Crippen molar-refractivity contribution < 1.29 is 0 Å². The molecule has 1 heteroatoms. The highest BCUT2D eigenvalue weighted by Gasteiger charge is 2.38. The van der Waals surface area contributed by atoms with Gasteiger partial charge in [0.25, 0.3) is 0 Å². The van der Waals surface area contributed by atoms with Crippen LogP contribution in [0.3, 0.4) is 0 Å². The van der Waals surface area contributed by atoms with Crippen LogP contribution in [0.15, 0.2) is 176 Å². The number of nitrogens with zero attached hydrogens (tertiary/aromatic N) is 1. The SMILES string of the molecule is CC1(C)c2ccccc2-c2ccc(N(c3ccc(-c4cccc5ccccc45)cc3)c3ccc4c(c3)-c3c(-c5ccccc5)cccc3C4(C)C)cc21. The third-order valence-electron chi connectivity index (χ3n) is 12.1. The molecule has 0 unspecified atom stereocenters. The van der Waals surface area contributed by atoms with Crippen molar-refractivity contribution in [3.05, 3.63) is 198 Å². The van der Waals surface area contributed by atoms with Gasteiger partial charge in [-0.15, -0.1) is 0 Å². The number of hydrogen-bond acceptors (Lipinski definition) is 1. The van der Waals surface area contributed by atoms with Gasteiger partial charge in [0.1, 0.15) is 0 Å². The van der Waals surface area contributed by atoms with Gasteiger partial charge < -0.3 is 4.90 Å². The molecule has 2 aliphatic rings. The Hall–Kier alpha value is -6.18. The van der Waals surface area contributed by atoms with Crippen LogP contribution in [0, 0.1) is 0 Å². The largest absolute Gasteiger partial charge is 0.310 e. The van der Waals surface area contributed by atoms with Crippen molar-refractivity contribution in [2.24, 2.45) is 0 Å². The van der Waals surface area contributed by atoms with E-state index in [0.717, 1.165) is 17.1 Å². The first-order valence-corrected chi connectivity index (χ1v) is 18.8. The van der Waals surface area contributed by atoms with Crippen molar-refractivity contribution in [2.75, 3.05) is 4.90 Å². The van der Waals surface area contributed by atoms with Crippen LogP contribution in [-0.4, -0.2) is 0 Å². The van der Waals surface area contributed by atoms with Crippen LogP contribution in [0.25, 0.3) is 55.3 Å². The highest BCUT2D eigenvalue weighted by Crippen LogP contribution is 2.55.